The maximum Gasteiger partial charge on any atom is 0.137 e. The summed E-state index contributed by atoms with van der Waals surface area (Å²) in [7, 11) is 0. The number of aromatic nitrogens is 2. The van der Waals surface area contributed by atoms with Gasteiger partial charge in [-0.15, -0.1) is 0 Å². The van der Waals surface area contributed by atoms with Crippen molar-refractivity contribution in [3.8, 4) is 11.3 Å². The van der Waals surface area contributed by atoms with Gasteiger partial charge >= 0.3 is 0 Å². The third-order valence-electron chi connectivity index (χ3n) is 3.01. The standard InChI is InChI=1S/C15H14N2O/c18-10-8-12-4-6-13(7-5-12)14-11-17-9-2-1-3-15(17)16-14/h1-7,9,11,18H,8,10H2. The number of aliphatic hydroxyl groups is 1. The van der Waals surface area contributed by atoms with E-state index in [1.54, 1.807) is 0 Å². The molecule has 0 aliphatic rings. The van der Waals surface area contributed by atoms with Crippen molar-refractivity contribution in [3.63, 3.8) is 0 Å². The fraction of sp³-hybridized carbons (Fsp3) is 0.133. The average Bonchev–Trinajstić information content (AvgIpc) is 2.84. The monoisotopic (exact) mass is 238 g/mol. The normalized spacial score (nSPS) is 10.9. The van der Waals surface area contributed by atoms with Crippen LogP contribution in [0.1, 0.15) is 5.56 Å². The zero-order valence-corrected chi connectivity index (χ0v) is 9.95. The first-order valence-corrected chi connectivity index (χ1v) is 6.01. The Kier molecular flexibility index (Phi) is 2.82. The van der Waals surface area contributed by atoms with Crippen LogP contribution in [0.15, 0.2) is 54.9 Å². The number of nitrogens with zero attached hydrogens (tertiary/aromatic N) is 2. The SMILES string of the molecule is OCCc1ccc(-c2cn3ccccc3n2)cc1. The second-order valence-electron chi connectivity index (χ2n) is 4.26. The number of fused-ring (bicyclic) bond motifs is 1. The molecule has 0 unspecified atom stereocenters. The first-order valence-electron chi connectivity index (χ1n) is 6.01. The summed E-state index contributed by atoms with van der Waals surface area (Å²) in [5.74, 6) is 0. The highest BCUT2D eigenvalue weighted by molar-refractivity contribution is 5.62. The zero-order chi connectivity index (χ0) is 12.4. The highest BCUT2D eigenvalue weighted by atomic mass is 16.2. The van der Waals surface area contributed by atoms with Crippen molar-refractivity contribution in [3.05, 3.63) is 60.4 Å². The first kappa shape index (κ1) is 11.0. The summed E-state index contributed by atoms with van der Waals surface area (Å²) in [5.41, 5.74) is 4.16. The average molecular weight is 238 g/mol. The zero-order valence-electron chi connectivity index (χ0n) is 9.95. The van der Waals surface area contributed by atoms with E-state index in [0.717, 1.165) is 22.5 Å². The van der Waals surface area contributed by atoms with E-state index in [-0.39, 0.29) is 6.61 Å². The summed E-state index contributed by atoms with van der Waals surface area (Å²) in [6, 6.07) is 14.1. The minimum Gasteiger partial charge on any atom is -0.396 e. The lowest BCUT2D eigenvalue weighted by Crippen LogP contribution is -1.89. The Morgan fingerprint density at radius 3 is 2.61 bits per heavy atom. The minimum absolute atomic E-state index is 0.188. The number of pyridine rings is 1. The van der Waals surface area contributed by atoms with E-state index in [0.29, 0.717) is 6.42 Å². The highest BCUT2D eigenvalue weighted by Crippen LogP contribution is 2.19. The maximum atomic E-state index is 8.89. The molecule has 0 fully saturated rings. The van der Waals surface area contributed by atoms with E-state index in [4.69, 9.17) is 5.11 Å². The van der Waals surface area contributed by atoms with Gasteiger partial charge in [-0.05, 0) is 24.1 Å². The number of benzene rings is 1. The van der Waals surface area contributed by atoms with E-state index < -0.39 is 0 Å². The number of imidazole rings is 1. The van der Waals surface area contributed by atoms with E-state index in [9.17, 15) is 0 Å². The predicted octanol–water partition coefficient (Wildman–Crippen LogP) is 2.54. The molecule has 3 rings (SSSR count). The Morgan fingerprint density at radius 1 is 1.06 bits per heavy atom. The lowest BCUT2D eigenvalue weighted by Gasteiger charge is -1.99. The molecule has 0 saturated carbocycles. The van der Waals surface area contributed by atoms with E-state index in [1.165, 1.54) is 0 Å². The second-order valence-corrected chi connectivity index (χ2v) is 4.26. The molecule has 1 aromatic carbocycles. The van der Waals surface area contributed by atoms with Crippen molar-refractivity contribution in [2.45, 2.75) is 6.42 Å². The smallest absolute Gasteiger partial charge is 0.137 e. The van der Waals surface area contributed by atoms with E-state index in [1.807, 2.05) is 59.3 Å². The summed E-state index contributed by atoms with van der Waals surface area (Å²) in [6.07, 6.45) is 4.72. The minimum atomic E-state index is 0.188. The molecule has 90 valence electrons. The Balaban J connectivity index is 1.98. The molecule has 0 aliphatic carbocycles. The number of aliphatic hydroxyl groups excluding tert-OH is 1. The Bertz CT molecular complexity index is 623. The molecule has 3 heteroatoms. The Morgan fingerprint density at radius 2 is 1.89 bits per heavy atom. The Hall–Kier alpha value is -2.13. The van der Waals surface area contributed by atoms with Crippen molar-refractivity contribution in [1.29, 1.82) is 0 Å². The van der Waals surface area contributed by atoms with Gasteiger partial charge in [0.15, 0.2) is 0 Å². The van der Waals surface area contributed by atoms with Crippen LogP contribution < -0.4 is 0 Å². The molecule has 0 aliphatic heterocycles. The molecular weight excluding hydrogens is 224 g/mol. The topological polar surface area (TPSA) is 37.5 Å². The quantitative estimate of drug-likeness (QED) is 0.761. The molecule has 1 N–H and O–H groups in total. The molecule has 2 heterocycles. The van der Waals surface area contributed by atoms with Crippen molar-refractivity contribution in [1.82, 2.24) is 9.38 Å². The molecule has 3 aromatic rings. The van der Waals surface area contributed by atoms with Crippen molar-refractivity contribution >= 4 is 5.65 Å². The van der Waals surface area contributed by atoms with Gasteiger partial charge in [0.2, 0.25) is 0 Å². The van der Waals surface area contributed by atoms with E-state index >= 15 is 0 Å². The van der Waals surface area contributed by atoms with Gasteiger partial charge in [-0.2, -0.15) is 0 Å². The number of rotatable bonds is 3. The van der Waals surface area contributed by atoms with Gasteiger partial charge in [-0.25, -0.2) is 4.98 Å². The van der Waals surface area contributed by atoms with Crippen LogP contribution in [0.3, 0.4) is 0 Å². The number of hydrogen-bond donors (Lipinski definition) is 1. The highest BCUT2D eigenvalue weighted by Gasteiger charge is 2.03. The van der Waals surface area contributed by atoms with Crippen LogP contribution in [0.4, 0.5) is 0 Å². The van der Waals surface area contributed by atoms with Gasteiger partial charge in [0.25, 0.3) is 0 Å². The van der Waals surface area contributed by atoms with Gasteiger partial charge in [-0.1, -0.05) is 30.3 Å². The molecular formula is C15H14N2O. The van der Waals surface area contributed by atoms with Gasteiger partial charge in [-0.3, -0.25) is 0 Å². The third-order valence-corrected chi connectivity index (χ3v) is 3.01. The molecule has 0 radical (unpaired) electrons. The van der Waals surface area contributed by atoms with Crippen LogP contribution in [0.25, 0.3) is 16.9 Å². The van der Waals surface area contributed by atoms with Crippen molar-refractivity contribution in [2.24, 2.45) is 0 Å². The molecule has 2 aromatic heterocycles. The van der Waals surface area contributed by atoms with Gasteiger partial charge < -0.3 is 9.51 Å². The molecule has 0 saturated heterocycles. The van der Waals surface area contributed by atoms with Crippen molar-refractivity contribution in [2.75, 3.05) is 6.61 Å². The summed E-state index contributed by atoms with van der Waals surface area (Å²) in [4.78, 5) is 4.57. The van der Waals surface area contributed by atoms with Crippen molar-refractivity contribution < 1.29 is 5.11 Å². The van der Waals surface area contributed by atoms with Gasteiger partial charge in [0, 0.05) is 24.6 Å². The third kappa shape index (κ3) is 2.00. The van der Waals surface area contributed by atoms with Gasteiger partial charge in [0.1, 0.15) is 5.65 Å². The summed E-state index contributed by atoms with van der Waals surface area (Å²) < 4.78 is 2.01. The van der Waals surface area contributed by atoms with E-state index in [2.05, 4.69) is 4.98 Å². The van der Waals surface area contributed by atoms with Crippen LogP contribution in [0.2, 0.25) is 0 Å². The molecule has 0 spiro atoms. The lowest BCUT2D eigenvalue weighted by atomic mass is 10.1. The fourth-order valence-corrected chi connectivity index (χ4v) is 2.05. The van der Waals surface area contributed by atoms with Gasteiger partial charge in [0.05, 0.1) is 5.69 Å². The lowest BCUT2D eigenvalue weighted by molar-refractivity contribution is 0.299. The van der Waals surface area contributed by atoms with Crippen LogP contribution >= 0.6 is 0 Å². The predicted molar refractivity (Wildman–Crippen MR) is 71.4 cm³/mol. The molecule has 0 amide bonds. The molecule has 0 bridgehead atoms. The van der Waals surface area contributed by atoms with Crippen LogP contribution in [-0.4, -0.2) is 21.1 Å². The summed E-state index contributed by atoms with van der Waals surface area (Å²) >= 11 is 0. The molecule has 3 nitrogen and oxygen atoms in total. The second kappa shape index (κ2) is 4.63. The summed E-state index contributed by atoms with van der Waals surface area (Å²) in [5, 5.41) is 8.89. The van der Waals surface area contributed by atoms with Crippen LogP contribution in [0.5, 0.6) is 0 Å². The van der Waals surface area contributed by atoms with Crippen LogP contribution in [-0.2, 0) is 6.42 Å². The largest absolute Gasteiger partial charge is 0.396 e. The van der Waals surface area contributed by atoms with Crippen LogP contribution in [0, 0.1) is 0 Å². The number of hydrogen-bond acceptors (Lipinski definition) is 2. The fourth-order valence-electron chi connectivity index (χ4n) is 2.05. The molecule has 0 atom stereocenters. The maximum absolute atomic E-state index is 8.89. The first-order chi connectivity index (χ1) is 8.86. The Labute approximate surface area is 105 Å². The molecule has 18 heavy (non-hydrogen) atoms. The summed E-state index contributed by atoms with van der Waals surface area (Å²) in [6.45, 7) is 0.188.